The van der Waals surface area contributed by atoms with E-state index in [0.29, 0.717) is 26.1 Å². The number of carbonyl (C=O) groups excluding carboxylic acids is 1. The molecule has 6 nitrogen and oxygen atoms in total. The number of benzene rings is 1. The van der Waals surface area contributed by atoms with Gasteiger partial charge in [-0.25, -0.2) is 4.79 Å². The van der Waals surface area contributed by atoms with E-state index in [2.05, 4.69) is 0 Å². The van der Waals surface area contributed by atoms with Crippen molar-refractivity contribution in [2.75, 3.05) is 19.7 Å². The fourth-order valence-corrected chi connectivity index (χ4v) is 2.47. The maximum Gasteiger partial charge on any atom is 0.329 e. The Morgan fingerprint density at radius 2 is 1.95 bits per heavy atom. The monoisotopic (exact) mass is 292 g/mol. The highest BCUT2D eigenvalue weighted by Gasteiger charge is 2.42. The van der Waals surface area contributed by atoms with Gasteiger partial charge in [0.05, 0.1) is 19.5 Å². The highest BCUT2D eigenvalue weighted by molar-refractivity contribution is 5.80. The van der Waals surface area contributed by atoms with Gasteiger partial charge in [-0.2, -0.15) is 0 Å². The molecule has 0 saturated carbocycles. The van der Waals surface area contributed by atoms with E-state index in [1.165, 1.54) is 0 Å². The van der Waals surface area contributed by atoms with Gasteiger partial charge < -0.3 is 20.5 Å². The molecular formula is C15H20N2O4. The molecule has 21 heavy (non-hydrogen) atoms. The van der Waals surface area contributed by atoms with Crippen molar-refractivity contribution in [2.24, 2.45) is 5.73 Å². The molecule has 1 aromatic carbocycles. The molecule has 1 amide bonds. The summed E-state index contributed by atoms with van der Waals surface area (Å²) in [6, 6.07) is 7.60. The van der Waals surface area contributed by atoms with E-state index in [4.69, 9.17) is 15.6 Å². The number of carboxylic acids is 1. The first kappa shape index (κ1) is 15.5. The van der Waals surface area contributed by atoms with Crippen LogP contribution < -0.4 is 5.73 Å². The van der Waals surface area contributed by atoms with E-state index in [1.807, 2.05) is 31.2 Å². The smallest absolute Gasteiger partial charge is 0.329 e. The highest BCUT2D eigenvalue weighted by atomic mass is 16.5. The number of nitrogens with zero attached hydrogens (tertiary/aromatic N) is 1. The number of carboxylic acid groups (broad SMARTS) is 1. The maximum absolute atomic E-state index is 12.2. The van der Waals surface area contributed by atoms with E-state index in [-0.39, 0.29) is 12.5 Å². The van der Waals surface area contributed by atoms with Crippen molar-refractivity contribution in [2.45, 2.75) is 25.5 Å². The largest absolute Gasteiger partial charge is 0.480 e. The van der Waals surface area contributed by atoms with Crippen LogP contribution in [0.1, 0.15) is 18.1 Å². The minimum absolute atomic E-state index is 0.00676. The van der Waals surface area contributed by atoms with Crippen LogP contribution in [-0.4, -0.2) is 47.2 Å². The summed E-state index contributed by atoms with van der Waals surface area (Å²) in [5.74, 6) is -0.995. The van der Waals surface area contributed by atoms with E-state index in [1.54, 1.807) is 4.90 Å². The number of ether oxygens (including phenoxy) is 1. The third-order valence-corrected chi connectivity index (χ3v) is 3.63. The second kappa shape index (κ2) is 6.24. The van der Waals surface area contributed by atoms with Crippen molar-refractivity contribution < 1.29 is 19.4 Å². The van der Waals surface area contributed by atoms with Gasteiger partial charge in [-0.05, 0) is 18.1 Å². The van der Waals surface area contributed by atoms with Crippen molar-refractivity contribution in [3.05, 3.63) is 35.4 Å². The first-order chi connectivity index (χ1) is 9.93. The molecule has 0 aromatic heterocycles. The van der Waals surface area contributed by atoms with Gasteiger partial charge in [0.15, 0.2) is 0 Å². The van der Waals surface area contributed by atoms with Crippen LogP contribution in [0.3, 0.4) is 0 Å². The fourth-order valence-electron chi connectivity index (χ4n) is 2.47. The molecule has 6 heteroatoms. The molecule has 0 radical (unpaired) electrons. The van der Waals surface area contributed by atoms with Crippen molar-refractivity contribution in [3.63, 3.8) is 0 Å². The third-order valence-electron chi connectivity index (χ3n) is 3.63. The Labute approximate surface area is 123 Å². The van der Waals surface area contributed by atoms with Crippen LogP contribution in [0.15, 0.2) is 24.3 Å². The maximum atomic E-state index is 12.2. The Balaban J connectivity index is 1.88. The van der Waals surface area contributed by atoms with E-state index >= 15 is 0 Å². The average Bonchev–Trinajstić information content (AvgIpc) is 2.42. The Morgan fingerprint density at radius 1 is 1.33 bits per heavy atom. The van der Waals surface area contributed by atoms with Crippen LogP contribution in [0.25, 0.3) is 0 Å². The second-order valence-corrected chi connectivity index (χ2v) is 5.53. The van der Waals surface area contributed by atoms with Crippen molar-refractivity contribution >= 4 is 11.9 Å². The van der Waals surface area contributed by atoms with Crippen LogP contribution in [0.5, 0.6) is 0 Å². The number of aliphatic carboxylic acids is 1. The predicted octanol–water partition coefficient (Wildman–Crippen LogP) is 0.390. The average molecular weight is 292 g/mol. The van der Waals surface area contributed by atoms with Crippen molar-refractivity contribution in [1.82, 2.24) is 4.90 Å². The molecule has 114 valence electrons. The molecule has 1 aliphatic rings. The van der Waals surface area contributed by atoms with Crippen LogP contribution in [0, 0.1) is 0 Å². The lowest BCUT2D eigenvalue weighted by molar-refractivity contribution is -0.172. The quantitative estimate of drug-likeness (QED) is 0.791. The van der Waals surface area contributed by atoms with Gasteiger partial charge in [-0.15, -0.1) is 0 Å². The van der Waals surface area contributed by atoms with E-state index < -0.39 is 11.6 Å². The summed E-state index contributed by atoms with van der Waals surface area (Å²) < 4.78 is 5.29. The number of amides is 1. The minimum Gasteiger partial charge on any atom is -0.480 e. The zero-order valence-corrected chi connectivity index (χ0v) is 12.0. The number of hydrogen-bond donors (Lipinski definition) is 2. The molecule has 1 aromatic rings. The number of nitrogens with two attached hydrogens (primary N) is 1. The SMILES string of the molecule is CC1(OCC(=O)O)CN(C(=O)Cc2ccccc2CN)C1. The standard InChI is InChI=1S/C15H20N2O4/c1-15(21-8-14(19)20)9-17(10-15)13(18)6-11-4-2-3-5-12(11)7-16/h2-5H,6-10,16H2,1H3,(H,19,20). The van der Waals surface area contributed by atoms with Crippen LogP contribution in [0.4, 0.5) is 0 Å². The van der Waals surface area contributed by atoms with Gasteiger partial charge in [-0.1, -0.05) is 24.3 Å². The Hall–Kier alpha value is -1.92. The number of carbonyl (C=O) groups is 2. The van der Waals surface area contributed by atoms with Gasteiger partial charge in [0.1, 0.15) is 12.2 Å². The normalized spacial score (nSPS) is 16.4. The van der Waals surface area contributed by atoms with E-state index in [0.717, 1.165) is 11.1 Å². The van der Waals surface area contributed by atoms with Crippen LogP contribution in [-0.2, 0) is 27.3 Å². The topological polar surface area (TPSA) is 92.9 Å². The fraction of sp³-hybridized carbons (Fsp3) is 0.467. The first-order valence-corrected chi connectivity index (χ1v) is 6.84. The second-order valence-electron chi connectivity index (χ2n) is 5.53. The summed E-state index contributed by atoms with van der Waals surface area (Å²) in [6.45, 7) is 2.72. The molecular weight excluding hydrogens is 272 g/mol. The van der Waals surface area contributed by atoms with Gasteiger partial charge >= 0.3 is 5.97 Å². The van der Waals surface area contributed by atoms with Gasteiger partial charge in [0.25, 0.3) is 0 Å². The molecule has 1 aliphatic heterocycles. The van der Waals surface area contributed by atoms with Gasteiger partial charge in [0, 0.05) is 6.54 Å². The first-order valence-electron chi connectivity index (χ1n) is 6.84. The zero-order chi connectivity index (χ0) is 15.5. The lowest BCUT2D eigenvalue weighted by Gasteiger charge is -2.47. The number of likely N-dealkylation sites (tertiary alicyclic amines) is 1. The van der Waals surface area contributed by atoms with E-state index in [9.17, 15) is 9.59 Å². The molecule has 0 unspecified atom stereocenters. The lowest BCUT2D eigenvalue weighted by atomic mass is 9.94. The molecule has 1 fully saturated rings. The molecule has 0 bridgehead atoms. The summed E-state index contributed by atoms with van der Waals surface area (Å²) in [6.07, 6.45) is 0.308. The molecule has 2 rings (SSSR count). The number of hydrogen-bond acceptors (Lipinski definition) is 4. The molecule has 0 atom stereocenters. The summed E-state index contributed by atoms with van der Waals surface area (Å²) in [5.41, 5.74) is 7.01. The summed E-state index contributed by atoms with van der Waals surface area (Å²) in [4.78, 5) is 24.4. The van der Waals surface area contributed by atoms with Crippen LogP contribution in [0.2, 0.25) is 0 Å². The van der Waals surface area contributed by atoms with Crippen molar-refractivity contribution in [1.29, 1.82) is 0 Å². The zero-order valence-electron chi connectivity index (χ0n) is 12.0. The highest BCUT2D eigenvalue weighted by Crippen LogP contribution is 2.25. The summed E-state index contributed by atoms with van der Waals surface area (Å²) in [5, 5.41) is 8.61. The summed E-state index contributed by atoms with van der Waals surface area (Å²) in [7, 11) is 0. The number of rotatable bonds is 6. The van der Waals surface area contributed by atoms with Crippen LogP contribution >= 0.6 is 0 Å². The Kier molecular flexibility index (Phi) is 4.59. The lowest BCUT2D eigenvalue weighted by Crippen LogP contribution is -2.63. The Bertz CT molecular complexity index is 538. The molecule has 3 N–H and O–H groups in total. The summed E-state index contributed by atoms with van der Waals surface area (Å²) >= 11 is 0. The molecule has 1 saturated heterocycles. The molecule has 0 aliphatic carbocycles. The molecule has 1 heterocycles. The third kappa shape index (κ3) is 3.80. The Morgan fingerprint density at radius 3 is 2.52 bits per heavy atom. The minimum atomic E-state index is -1.00. The van der Waals surface area contributed by atoms with Gasteiger partial charge in [-0.3, -0.25) is 4.79 Å². The van der Waals surface area contributed by atoms with Crippen molar-refractivity contribution in [3.8, 4) is 0 Å². The predicted molar refractivity (Wildman–Crippen MR) is 76.6 cm³/mol. The molecule has 0 spiro atoms. The van der Waals surface area contributed by atoms with Gasteiger partial charge in [0.2, 0.25) is 5.91 Å².